The summed E-state index contributed by atoms with van der Waals surface area (Å²) < 4.78 is 99.2. The highest BCUT2D eigenvalue weighted by molar-refractivity contribution is 6.48. The summed E-state index contributed by atoms with van der Waals surface area (Å²) in [5.74, 6) is -14.9. The molecule has 1 heterocycles. The molecule has 0 aromatic rings. The van der Waals surface area contributed by atoms with E-state index in [2.05, 4.69) is 0 Å². The average Bonchev–Trinajstić information content (AvgIpc) is 2.45. The van der Waals surface area contributed by atoms with Crippen LogP contribution in [0.15, 0.2) is 0 Å². The predicted octanol–water partition coefficient (Wildman–Crippen LogP) is 2.78. The molecule has 124 valence electrons. The molecule has 1 saturated heterocycles. The maximum atomic E-state index is 13.5. The van der Waals surface area contributed by atoms with E-state index in [1.54, 1.807) is 0 Å². The van der Waals surface area contributed by atoms with E-state index in [0.29, 0.717) is 0 Å². The van der Waals surface area contributed by atoms with Gasteiger partial charge in [0.2, 0.25) is 0 Å². The highest BCUT2D eigenvalue weighted by Crippen LogP contribution is 2.49. The van der Waals surface area contributed by atoms with Crippen LogP contribution in [0.1, 0.15) is 27.7 Å². The quantitative estimate of drug-likeness (QED) is 0.641. The molecule has 0 spiro atoms. The van der Waals surface area contributed by atoms with Crippen molar-refractivity contribution in [2.45, 2.75) is 62.9 Å². The first-order valence-electron chi connectivity index (χ1n) is 5.91. The van der Waals surface area contributed by atoms with E-state index in [4.69, 9.17) is 15.0 Å². The second kappa shape index (κ2) is 4.72. The van der Waals surface area contributed by atoms with Crippen LogP contribution in [0.2, 0.25) is 0 Å². The Morgan fingerprint density at radius 2 is 1.19 bits per heavy atom. The monoisotopic (exact) mass is 325 g/mol. The van der Waals surface area contributed by atoms with Crippen molar-refractivity contribution in [3.63, 3.8) is 0 Å². The van der Waals surface area contributed by atoms with Gasteiger partial charge in [-0.1, -0.05) is 0 Å². The van der Waals surface area contributed by atoms with E-state index in [0.717, 1.165) is 0 Å². The molecule has 11 heteroatoms. The van der Waals surface area contributed by atoms with Gasteiger partial charge in [-0.2, -0.15) is 30.7 Å². The second-order valence-electron chi connectivity index (χ2n) is 5.85. The van der Waals surface area contributed by atoms with Crippen molar-refractivity contribution in [2.75, 3.05) is 0 Å². The van der Waals surface area contributed by atoms with E-state index in [1.807, 2.05) is 0 Å². The predicted molar refractivity (Wildman–Crippen MR) is 60.0 cm³/mol. The fourth-order valence-electron chi connectivity index (χ4n) is 1.60. The number of halogens is 7. The van der Waals surface area contributed by atoms with E-state index >= 15 is 0 Å². The molecule has 0 bridgehead atoms. The first-order valence-corrected chi connectivity index (χ1v) is 5.91. The van der Waals surface area contributed by atoms with E-state index in [9.17, 15) is 30.7 Å². The van der Waals surface area contributed by atoms with Gasteiger partial charge >= 0.3 is 25.1 Å². The van der Waals surface area contributed by atoms with Crippen LogP contribution < -0.4 is 5.73 Å². The molecule has 0 aromatic carbocycles. The third kappa shape index (κ3) is 2.75. The molecule has 1 rings (SSSR count). The summed E-state index contributed by atoms with van der Waals surface area (Å²) in [6, 6.07) is 0. The minimum atomic E-state index is -6.45. The van der Waals surface area contributed by atoms with Crippen molar-refractivity contribution in [3.05, 3.63) is 0 Å². The molecule has 0 amide bonds. The summed E-state index contributed by atoms with van der Waals surface area (Å²) in [7, 11) is -2.10. The molecule has 1 aliphatic heterocycles. The van der Waals surface area contributed by atoms with Crippen LogP contribution in [0.25, 0.3) is 0 Å². The Labute approximate surface area is 117 Å². The molecular formula is C10H15BF7NO2. The number of rotatable bonds is 3. The van der Waals surface area contributed by atoms with Crippen LogP contribution in [0, 0.1) is 0 Å². The van der Waals surface area contributed by atoms with Gasteiger partial charge in [0.25, 0.3) is 0 Å². The summed E-state index contributed by atoms with van der Waals surface area (Å²) in [6.07, 6.45) is -6.45. The zero-order valence-corrected chi connectivity index (χ0v) is 11.7. The molecule has 1 atom stereocenters. The van der Waals surface area contributed by atoms with Gasteiger partial charge in [0.1, 0.15) is 5.94 Å². The lowest BCUT2D eigenvalue weighted by Crippen LogP contribution is -2.65. The summed E-state index contributed by atoms with van der Waals surface area (Å²) in [6.45, 7) is 5.67. The molecule has 0 aromatic heterocycles. The van der Waals surface area contributed by atoms with E-state index < -0.39 is 42.3 Å². The summed E-state index contributed by atoms with van der Waals surface area (Å²) in [4.78, 5) is 0. The van der Waals surface area contributed by atoms with Crippen LogP contribution in [0.5, 0.6) is 0 Å². The standard InChI is InChI=1S/C10H15BF7NO2/c1-6(2)7(3,4)21-11(20-6)5(19)8(12,13)9(14,15)10(16,17)18/h5H,19H2,1-4H3/t5-/m1/s1. The van der Waals surface area contributed by atoms with Gasteiger partial charge in [-0.15, -0.1) is 0 Å². The van der Waals surface area contributed by atoms with E-state index in [-0.39, 0.29) is 0 Å². The van der Waals surface area contributed by atoms with Gasteiger partial charge in [-0.25, -0.2) is 0 Å². The molecule has 0 unspecified atom stereocenters. The Bertz CT molecular complexity index is 395. The van der Waals surface area contributed by atoms with Crippen LogP contribution >= 0.6 is 0 Å². The highest BCUT2D eigenvalue weighted by atomic mass is 19.4. The molecule has 21 heavy (non-hydrogen) atoms. The first kappa shape index (κ1) is 18.5. The lowest BCUT2D eigenvalue weighted by Gasteiger charge is -2.32. The van der Waals surface area contributed by atoms with Crippen LogP contribution in [0.3, 0.4) is 0 Å². The molecule has 0 saturated carbocycles. The largest absolute Gasteiger partial charge is 0.482 e. The van der Waals surface area contributed by atoms with Crippen molar-refractivity contribution in [2.24, 2.45) is 5.73 Å². The molecule has 0 aliphatic carbocycles. The Morgan fingerprint density at radius 3 is 1.48 bits per heavy atom. The smallest absolute Gasteiger partial charge is 0.402 e. The average molecular weight is 325 g/mol. The Kier molecular flexibility index (Phi) is 4.16. The van der Waals surface area contributed by atoms with Crippen molar-refractivity contribution in [1.82, 2.24) is 0 Å². The highest BCUT2D eigenvalue weighted by Gasteiger charge is 2.77. The minimum Gasteiger partial charge on any atom is -0.402 e. The normalized spacial score (nSPS) is 24.3. The molecule has 2 N–H and O–H groups in total. The molecule has 3 nitrogen and oxygen atoms in total. The van der Waals surface area contributed by atoms with E-state index in [1.165, 1.54) is 27.7 Å². The van der Waals surface area contributed by atoms with Gasteiger partial charge in [0.05, 0.1) is 11.2 Å². The molecule has 1 aliphatic rings. The van der Waals surface area contributed by atoms with Gasteiger partial charge < -0.3 is 15.0 Å². The van der Waals surface area contributed by atoms with Gasteiger partial charge in [-0.3, -0.25) is 0 Å². The zero-order chi connectivity index (χ0) is 17.1. The lowest BCUT2D eigenvalue weighted by molar-refractivity contribution is -0.355. The second-order valence-corrected chi connectivity index (χ2v) is 5.85. The van der Waals surface area contributed by atoms with Crippen LogP contribution in [0.4, 0.5) is 30.7 Å². The lowest BCUT2D eigenvalue weighted by atomic mass is 9.73. The van der Waals surface area contributed by atoms with Crippen LogP contribution in [-0.4, -0.2) is 42.3 Å². The zero-order valence-electron chi connectivity index (χ0n) is 11.7. The third-order valence-corrected chi connectivity index (χ3v) is 3.76. The maximum Gasteiger partial charge on any atom is 0.482 e. The Hall–Kier alpha value is -0.545. The van der Waals surface area contributed by atoms with Gasteiger partial charge in [0.15, 0.2) is 0 Å². The Balaban J connectivity index is 3.07. The van der Waals surface area contributed by atoms with Gasteiger partial charge in [-0.05, 0) is 27.7 Å². The SMILES string of the molecule is CC1(C)OB([C@H](N)C(F)(F)C(F)(F)C(F)(F)F)OC1(C)C. The summed E-state index contributed by atoms with van der Waals surface area (Å²) >= 11 is 0. The molecule has 1 fully saturated rings. The molecule has 0 radical (unpaired) electrons. The fourth-order valence-corrected chi connectivity index (χ4v) is 1.60. The van der Waals surface area contributed by atoms with Crippen LogP contribution in [-0.2, 0) is 9.31 Å². The topological polar surface area (TPSA) is 44.5 Å². The number of hydrogen-bond acceptors (Lipinski definition) is 3. The fraction of sp³-hybridized carbons (Fsp3) is 1.00. The number of hydrogen-bond donors (Lipinski definition) is 1. The molecular weight excluding hydrogens is 310 g/mol. The van der Waals surface area contributed by atoms with Gasteiger partial charge in [0, 0.05) is 0 Å². The number of alkyl halides is 7. The summed E-state index contributed by atoms with van der Waals surface area (Å²) in [5, 5.41) is 0. The maximum absolute atomic E-state index is 13.5. The van der Waals surface area contributed by atoms with Crippen molar-refractivity contribution in [1.29, 1.82) is 0 Å². The third-order valence-electron chi connectivity index (χ3n) is 3.76. The number of nitrogens with two attached hydrogens (primary N) is 1. The van der Waals surface area contributed by atoms with Crippen molar-refractivity contribution < 1.29 is 40.0 Å². The first-order chi connectivity index (χ1) is 8.97. The Morgan fingerprint density at radius 1 is 0.857 bits per heavy atom. The van der Waals surface area contributed by atoms with Crippen molar-refractivity contribution in [3.8, 4) is 0 Å². The van der Waals surface area contributed by atoms with Crippen molar-refractivity contribution >= 4 is 7.12 Å². The minimum absolute atomic E-state index is 1.20. The summed E-state index contributed by atoms with van der Waals surface area (Å²) in [5.41, 5.74) is 2.51.